The molecule has 0 radical (unpaired) electrons. The number of benzene rings is 1. The van der Waals surface area contributed by atoms with Gasteiger partial charge in [0.1, 0.15) is 11.3 Å². The van der Waals surface area contributed by atoms with Crippen molar-refractivity contribution in [3.05, 3.63) is 44.3 Å². The van der Waals surface area contributed by atoms with Crippen molar-refractivity contribution in [2.45, 2.75) is 0 Å². The van der Waals surface area contributed by atoms with Crippen LogP contribution in [0.2, 0.25) is 0 Å². The highest BCUT2D eigenvalue weighted by atomic mass is 16.6. The van der Waals surface area contributed by atoms with E-state index < -0.39 is 4.92 Å². The largest absolute Gasteiger partial charge is 0.495 e. The molecule has 0 saturated heterocycles. The topological polar surface area (TPSA) is 101 Å². The zero-order chi connectivity index (χ0) is 12.7. The Hall–Kier alpha value is -2.71. The Morgan fingerprint density at radius 3 is 3.00 bits per heavy atom. The standard InChI is InChI=1S/C10H8N4O3/c1-17-10-6-2-5-9(14(15)16)8(10)4-3-7-12-13-11/h2,5-6H,7H2,1H3. The Balaban J connectivity index is 3.20. The summed E-state index contributed by atoms with van der Waals surface area (Å²) in [5.41, 5.74) is 8.10. The van der Waals surface area contributed by atoms with Crippen LogP contribution in [0.15, 0.2) is 23.3 Å². The third-order valence-corrected chi connectivity index (χ3v) is 1.85. The van der Waals surface area contributed by atoms with E-state index in [9.17, 15) is 10.1 Å². The molecule has 0 aromatic heterocycles. The Morgan fingerprint density at radius 1 is 1.65 bits per heavy atom. The summed E-state index contributed by atoms with van der Waals surface area (Å²) in [5, 5.41) is 14.0. The SMILES string of the molecule is COc1cccc([N+](=O)[O-])c1C#CCN=[N+]=[N-]. The van der Waals surface area contributed by atoms with Crippen LogP contribution in [0.4, 0.5) is 5.69 Å². The molecule has 0 aliphatic rings. The Kier molecular flexibility index (Phi) is 4.36. The van der Waals surface area contributed by atoms with Crippen molar-refractivity contribution in [3.63, 3.8) is 0 Å². The van der Waals surface area contributed by atoms with E-state index in [2.05, 4.69) is 21.9 Å². The van der Waals surface area contributed by atoms with Gasteiger partial charge in [-0.05, 0) is 11.6 Å². The molecule has 0 aliphatic carbocycles. The molecule has 0 amide bonds. The quantitative estimate of drug-likeness (QED) is 0.199. The van der Waals surface area contributed by atoms with Gasteiger partial charge in [0.15, 0.2) is 0 Å². The monoisotopic (exact) mass is 232 g/mol. The van der Waals surface area contributed by atoms with Crippen LogP contribution in [0.3, 0.4) is 0 Å². The molecular weight excluding hydrogens is 224 g/mol. The first-order valence-corrected chi connectivity index (χ1v) is 4.51. The van der Waals surface area contributed by atoms with Crippen LogP contribution >= 0.6 is 0 Å². The number of hydrogen-bond acceptors (Lipinski definition) is 4. The summed E-state index contributed by atoms with van der Waals surface area (Å²) in [6.45, 7) is -0.0499. The lowest BCUT2D eigenvalue weighted by Gasteiger charge is -2.02. The lowest BCUT2D eigenvalue weighted by atomic mass is 10.1. The Morgan fingerprint density at radius 2 is 2.41 bits per heavy atom. The number of rotatable bonds is 3. The summed E-state index contributed by atoms with van der Waals surface area (Å²) >= 11 is 0. The average molecular weight is 232 g/mol. The first-order valence-electron chi connectivity index (χ1n) is 4.51. The molecule has 0 spiro atoms. The van der Waals surface area contributed by atoms with Gasteiger partial charge in [0.05, 0.1) is 18.6 Å². The molecule has 0 fully saturated rings. The van der Waals surface area contributed by atoms with E-state index in [-0.39, 0.29) is 17.8 Å². The smallest absolute Gasteiger partial charge is 0.288 e. The van der Waals surface area contributed by atoms with Gasteiger partial charge in [-0.3, -0.25) is 10.1 Å². The number of methoxy groups -OCH3 is 1. The van der Waals surface area contributed by atoms with Crippen LogP contribution in [0.5, 0.6) is 5.75 Å². The third kappa shape index (κ3) is 3.12. The van der Waals surface area contributed by atoms with Crippen molar-refractivity contribution in [2.24, 2.45) is 5.11 Å². The molecule has 1 aromatic carbocycles. The number of ether oxygens (including phenoxy) is 1. The predicted octanol–water partition coefficient (Wildman–Crippen LogP) is 2.27. The summed E-state index contributed by atoms with van der Waals surface area (Å²) in [6, 6.07) is 4.42. The highest BCUT2D eigenvalue weighted by Gasteiger charge is 2.15. The molecule has 1 rings (SSSR count). The molecule has 7 heteroatoms. The van der Waals surface area contributed by atoms with Crippen LogP contribution in [-0.4, -0.2) is 18.6 Å². The minimum atomic E-state index is -0.542. The van der Waals surface area contributed by atoms with Crippen molar-refractivity contribution in [3.8, 4) is 17.6 Å². The molecule has 86 valence electrons. The maximum Gasteiger partial charge on any atom is 0.288 e. The maximum absolute atomic E-state index is 10.8. The first kappa shape index (κ1) is 12.4. The van der Waals surface area contributed by atoms with Gasteiger partial charge in [-0.1, -0.05) is 23.0 Å². The predicted molar refractivity (Wildman–Crippen MR) is 60.5 cm³/mol. The second-order valence-electron chi connectivity index (χ2n) is 2.80. The molecule has 0 atom stereocenters. The fraction of sp³-hybridized carbons (Fsp3) is 0.200. The van der Waals surface area contributed by atoms with Crippen molar-refractivity contribution >= 4 is 5.69 Å². The summed E-state index contributed by atoms with van der Waals surface area (Å²) in [5.74, 6) is 5.40. The molecule has 17 heavy (non-hydrogen) atoms. The molecule has 0 heterocycles. The van der Waals surface area contributed by atoms with E-state index >= 15 is 0 Å². The Bertz CT molecular complexity index is 538. The lowest BCUT2D eigenvalue weighted by Crippen LogP contribution is -1.95. The van der Waals surface area contributed by atoms with Crippen LogP contribution < -0.4 is 4.74 Å². The average Bonchev–Trinajstić information content (AvgIpc) is 2.34. The molecule has 0 aliphatic heterocycles. The maximum atomic E-state index is 10.8. The van der Waals surface area contributed by atoms with Crippen LogP contribution in [0.1, 0.15) is 5.56 Å². The van der Waals surface area contributed by atoms with Gasteiger partial charge in [-0.2, -0.15) is 0 Å². The van der Waals surface area contributed by atoms with Crippen molar-refractivity contribution in [1.29, 1.82) is 0 Å². The van der Waals surface area contributed by atoms with Gasteiger partial charge in [0, 0.05) is 11.0 Å². The minimum Gasteiger partial charge on any atom is -0.495 e. The molecule has 0 bridgehead atoms. The van der Waals surface area contributed by atoms with E-state index in [4.69, 9.17) is 10.3 Å². The van der Waals surface area contributed by atoms with Gasteiger partial charge in [0.25, 0.3) is 5.69 Å². The summed E-state index contributed by atoms with van der Waals surface area (Å²) in [7, 11) is 1.40. The van der Waals surface area contributed by atoms with Crippen molar-refractivity contribution in [1.82, 2.24) is 0 Å². The number of nitro groups is 1. The molecule has 0 saturated carbocycles. The Labute approximate surface area is 96.8 Å². The number of hydrogen-bond donors (Lipinski definition) is 0. The van der Waals surface area contributed by atoms with Gasteiger partial charge in [-0.15, -0.1) is 0 Å². The van der Waals surface area contributed by atoms with Crippen LogP contribution in [-0.2, 0) is 0 Å². The first-order chi connectivity index (χ1) is 8.20. The summed E-state index contributed by atoms with van der Waals surface area (Å²) < 4.78 is 4.98. The van der Waals surface area contributed by atoms with E-state index in [1.165, 1.54) is 19.2 Å². The minimum absolute atomic E-state index is 0.0499. The summed E-state index contributed by atoms with van der Waals surface area (Å²) in [6.07, 6.45) is 0. The zero-order valence-electron chi connectivity index (χ0n) is 8.95. The fourth-order valence-electron chi connectivity index (χ4n) is 1.16. The van der Waals surface area contributed by atoms with Crippen molar-refractivity contribution in [2.75, 3.05) is 13.7 Å². The zero-order valence-corrected chi connectivity index (χ0v) is 8.95. The molecule has 1 aromatic rings. The fourth-order valence-corrected chi connectivity index (χ4v) is 1.16. The second kappa shape index (κ2) is 6.00. The second-order valence-corrected chi connectivity index (χ2v) is 2.80. The van der Waals surface area contributed by atoms with E-state index in [0.29, 0.717) is 5.75 Å². The third-order valence-electron chi connectivity index (χ3n) is 1.85. The van der Waals surface area contributed by atoms with E-state index in [0.717, 1.165) is 0 Å². The molecule has 0 unspecified atom stereocenters. The van der Waals surface area contributed by atoms with Gasteiger partial charge >= 0.3 is 0 Å². The number of nitrogens with zero attached hydrogens (tertiary/aromatic N) is 4. The van der Waals surface area contributed by atoms with E-state index in [1.807, 2.05) is 0 Å². The number of nitro benzene ring substituents is 1. The van der Waals surface area contributed by atoms with Gasteiger partial charge in [-0.25, -0.2) is 0 Å². The molecule has 7 nitrogen and oxygen atoms in total. The van der Waals surface area contributed by atoms with Gasteiger partial charge < -0.3 is 4.74 Å². The van der Waals surface area contributed by atoms with Crippen LogP contribution in [0.25, 0.3) is 10.4 Å². The van der Waals surface area contributed by atoms with E-state index in [1.54, 1.807) is 6.07 Å². The molecule has 0 N–H and O–H groups in total. The lowest BCUT2D eigenvalue weighted by molar-refractivity contribution is -0.385. The summed E-state index contributed by atoms with van der Waals surface area (Å²) in [4.78, 5) is 12.8. The van der Waals surface area contributed by atoms with Gasteiger partial charge in [0.2, 0.25) is 0 Å². The number of azide groups is 1. The molecular formula is C10H8N4O3. The van der Waals surface area contributed by atoms with Crippen LogP contribution in [0, 0.1) is 22.0 Å². The highest BCUT2D eigenvalue weighted by Crippen LogP contribution is 2.26. The van der Waals surface area contributed by atoms with Crippen molar-refractivity contribution < 1.29 is 9.66 Å². The highest BCUT2D eigenvalue weighted by molar-refractivity contribution is 5.59. The normalized spacial score (nSPS) is 8.53.